The zero-order valence-electron chi connectivity index (χ0n) is 11.0. The number of nitrogens with zero attached hydrogens (tertiary/aromatic N) is 2. The van der Waals surface area contributed by atoms with Crippen molar-refractivity contribution >= 4 is 16.0 Å². The quantitative estimate of drug-likeness (QED) is 0.582. The summed E-state index contributed by atoms with van der Waals surface area (Å²) in [6.45, 7) is 2.14. The number of carbonyl (C=O) groups is 1. The van der Waals surface area contributed by atoms with Crippen LogP contribution in [0.4, 0.5) is 0 Å². The summed E-state index contributed by atoms with van der Waals surface area (Å²) in [7, 11) is -3.67. The van der Waals surface area contributed by atoms with Crippen LogP contribution in [0, 0.1) is 11.3 Å². The first kappa shape index (κ1) is 16.1. The molecule has 0 fully saturated rings. The van der Waals surface area contributed by atoms with E-state index in [1.807, 2.05) is 0 Å². The number of pyridine rings is 1. The molecule has 0 aromatic carbocycles. The first-order valence-electron chi connectivity index (χ1n) is 6.01. The Balaban J connectivity index is 2.49. The summed E-state index contributed by atoms with van der Waals surface area (Å²) >= 11 is 0. The molecule has 8 heteroatoms. The zero-order valence-corrected chi connectivity index (χ0v) is 11.8. The molecule has 0 amide bonds. The number of aromatic nitrogens is 1. The van der Waals surface area contributed by atoms with Gasteiger partial charge in [-0.1, -0.05) is 0 Å². The molecule has 0 radical (unpaired) electrons. The normalized spacial score (nSPS) is 10.8. The number of rotatable bonds is 7. The van der Waals surface area contributed by atoms with Gasteiger partial charge in [-0.2, -0.15) is 5.26 Å². The van der Waals surface area contributed by atoms with Gasteiger partial charge < -0.3 is 4.74 Å². The fourth-order valence-corrected chi connectivity index (χ4v) is 2.38. The van der Waals surface area contributed by atoms with E-state index in [-0.39, 0.29) is 29.5 Å². The Labute approximate surface area is 117 Å². The first-order chi connectivity index (χ1) is 9.49. The number of nitrogens with one attached hydrogen (secondary N) is 1. The van der Waals surface area contributed by atoms with Crippen molar-refractivity contribution in [3.05, 3.63) is 24.0 Å². The third-order valence-corrected chi connectivity index (χ3v) is 3.76. The van der Waals surface area contributed by atoms with Gasteiger partial charge in [0.25, 0.3) is 0 Å². The molecule has 1 heterocycles. The number of ether oxygens (including phenoxy) is 1. The van der Waals surface area contributed by atoms with Crippen LogP contribution in [0.3, 0.4) is 0 Å². The number of esters is 1. The number of carbonyl (C=O) groups excluding carboxylic acids is 1. The fraction of sp³-hybridized carbons (Fsp3) is 0.417. The van der Waals surface area contributed by atoms with Crippen molar-refractivity contribution < 1.29 is 17.9 Å². The van der Waals surface area contributed by atoms with Crippen molar-refractivity contribution in [2.75, 3.05) is 13.2 Å². The third kappa shape index (κ3) is 4.95. The van der Waals surface area contributed by atoms with Gasteiger partial charge in [0, 0.05) is 19.2 Å². The van der Waals surface area contributed by atoms with Gasteiger partial charge in [0.1, 0.15) is 16.7 Å². The zero-order chi connectivity index (χ0) is 15.0. The number of hydrogen-bond acceptors (Lipinski definition) is 6. The standard InChI is InChI=1S/C12H15N3O4S/c1-2-19-12(16)4-3-7-15-20(17,18)11-6-5-10(8-13)14-9-11/h5-6,9,15H,2-4,7H2,1H3. The molecule has 0 aliphatic heterocycles. The molecule has 1 aromatic heterocycles. The molecule has 0 atom stereocenters. The molecule has 0 aliphatic carbocycles. The van der Waals surface area contributed by atoms with E-state index in [9.17, 15) is 13.2 Å². The van der Waals surface area contributed by atoms with E-state index in [0.29, 0.717) is 13.0 Å². The summed E-state index contributed by atoms with van der Waals surface area (Å²) < 4.78 is 30.8. The Kier molecular flexibility index (Phi) is 6.09. The second-order valence-electron chi connectivity index (χ2n) is 3.80. The van der Waals surface area contributed by atoms with Crippen molar-refractivity contribution in [1.82, 2.24) is 9.71 Å². The number of nitriles is 1. The highest BCUT2D eigenvalue weighted by Gasteiger charge is 2.14. The molecule has 7 nitrogen and oxygen atoms in total. The van der Waals surface area contributed by atoms with E-state index < -0.39 is 10.0 Å². The molecule has 108 valence electrons. The molecule has 0 saturated carbocycles. The lowest BCUT2D eigenvalue weighted by atomic mass is 10.3. The highest BCUT2D eigenvalue weighted by Crippen LogP contribution is 2.07. The predicted molar refractivity (Wildman–Crippen MR) is 70.0 cm³/mol. The summed E-state index contributed by atoms with van der Waals surface area (Å²) in [5.74, 6) is -0.355. The average Bonchev–Trinajstić information content (AvgIpc) is 2.44. The van der Waals surface area contributed by atoms with Crippen LogP contribution in [-0.4, -0.2) is 32.5 Å². The topological polar surface area (TPSA) is 109 Å². The molecule has 0 spiro atoms. The van der Waals surface area contributed by atoms with E-state index in [0.717, 1.165) is 6.20 Å². The van der Waals surface area contributed by atoms with Crippen LogP contribution in [0.5, 0.6) is 0 Å². The van der Waals surface area contributed by atoms with Gasteiger partial charge in [0.15, 0.2) is 0 Å². The lowest BCUT2D eigenvalue weighted by Gasteiger charge is -2.06. The Bertz CT molecular complexity index is 590. The van der Waals surface area contributed by atoms with Crippen molar-refractivity contribution in [3.63, 3.8) is 0 Å². The Morgan fingerprint density at radius 2 is 2.25 bits per heavy atom. The molecular formula is C12H15N3O4S. The molecule has 1 rings (SSSR count). The van der Waals surface area contributed by atoms with Gasteiger partial charge in [0.05, 0.1) is 6.61 Å². The second kappa shape index (κ2) is 7.57. The van der Waals surface area contributed by atoms with Crippen molar-refractivity contribution in [1.29, 1.82) is 5.26 Å². The summed E-state index contributed by atoms with van der Waals surface area (Å²) in [5.41, 5.74) is 0.145. The fourth-order valence-electron chi connectivity index (χ4n) is 1.36. The van der Waals surface area contributed by atoms with Crippen LogP contribution in [0.15, 0.2) is 23.2 Å². The highest BCUT2D eigenvalue weighted by molar-refractivity contribution is 7.89. The van der Waals surface area contributed by atoms with Gasteiger partial charge in [0.2, 0.25) is 10.0 Å². The summed E-state index contributed by atoms with van der Waals surface area (Å²) in [6, 6.07) is 4.44. The number of sulfonamides is 1. The minimum atomic E-state index is -3.67. The van der Waals surface area contributed by atoms with Gasteiger partial charge in [-0.05, 0) is 25.5 Å². The summed E-state index contributed by atoms with van der Waals surface area (Å²) in [5, 5.41) is 8.58. The largest absolute Gasteiger partial charge is 0.466 e. The maximum Gasteiger partial charge on any atom is 0.305 e. The third-order valence-electron chi connectivity index (χ3n) is 2.32. The van der Waals surface area contributed by atoms with E-state index in [4.69, 9.17) is 10.00 Å². The molecule has 1 aromatic rings. The molecule has 0 unspecified atom stereocenters. The van der Waals surface area contributed by atoms with E-state index in [1.54, 1.807) is 13.0 Å². The lowest BCUT2D eigenvalue weighted by Crippen LogP contribution is -2.25. The molecule has 0 bridgehead atoms. The van der Waals surface area contributed by atoms with Gasteiger partial charge in [-0.25, -0.2) is 18.1 Å². The maximum absolute atomic E-state index is 11.9. The van der Waals surface area contributed by atoms with Crippen molar-refractivity contribution in [3.8, 4) is 6.07 Å². The number of hydrogen-bond donors (Lipinski definition) is 1. The smallest absolute Gasteiger partial charge is 0.305 e. The van der Waals surface area contributed by atoms with Gasteiger partial charge in [-0.15, -0.1) is 0 Å². The Hall–Kier alpha value is -1.98. The van der Waals surface area contributed by atoms with Gasteiger partial charge in [-0.3, -0.25) is 4.79 Å². The predicted octanol–water partition coefficient (Wildman–Crippen LogP) is 0.575. The van der Waals surface area contributed by atoms with E-state index in [2.05, 4.69) is 9.71 Å². The minimum Gasteiger partial charge on any atom is -0.466 e. The van der Waals surface area contributed by atoms with Crippen LogP contribution in [0.1, 0.15) is 25.5 Å². The van der Waals surface area contributed by atoms with Crippen molar-refractivity contribution in [2.45, 2.75) is 24.7 Å². The molecule has 1 N–H and O–H groups in total. The van der Waals surface area contributed by atoms with E-state index >= 15 is 0 Å². The van der Waals surface area contributed by atoms with Crippen LogP contribution in [0.2, 0.25) is 0 Å². The molecule has 0 aliphatic rings. The minimum absolute atomic E-state index is 0.0207. The Morgan fingerprint density at radius 3 is 2.80 bits per heavy atom. The summed E-state index contributed by atoms with van der Waals surface area (Å²) in [4.78, 5) is 14.7. The lowest BCUT2D eigenvalue weighted by molar-refractivity contribution is -0.143. The van der Waals surface area contributed by atoms with Gasteiger partial charge >= 0.3 is 5.97 Å². The molecular weight excluding hydrogens is 282 g/mol. The highest BCUT2D eigenvalue weighted by atomic mass is 32.2. The monoisotopic (exact) mass is 297 g/mol. The molecule has 0 saturated heterocycles. The van der Waals surface area contributed by atoms with Crippen LogP contribution < -0.4 is 4.72 Å². The first-order valence-corrected chi connectivity index (χ1v) is 7.49. The SMILES string of the molecule is CCOC(=O)CCCNS(=O)(=O)c1ccc(C#N)nc1. The molecule has 20 heavy (non-hydrogen) atoms. The van der Waals surface area contributed by atoms with Crippen LogP contribution in [0.25, 0.3) is 0 Å². The average molecular weight is 297 g/mol. The van der Waals surface area contributed by atoms with Crippen LogP contribution in [-0.2, 0) is 19.6 Å². The second-order valence-corrected chi connectivity index (χ2v) is 5.56. The summed E-state index contributed by atoms with van der Waals surface area (Å²) in [6.07, 6.45) is 1.62. The maximum atomic E-state index is 11.9. The van der Waals surface area contributed by atoms with Crippen molar-refractivity contribution in [2.24, 2.45) is 0 Å². The van der Waals surface area contributed by atoms with E-state index in [1.165, 1.54) is 12.1 Å². The van der Waals surface area contributed by atoms with Crippen LogP contribution >= 0.6 is 0 Å². The Morgan fingerprint density at radius 1 is 1.50 bits per heavy atom.